The number of nitrogens with zero attached hydrogens (tertiary/aromatic N) is 1. The molecule has 27 heavy (non-hydrogen) atoms. The number of nitrogens with one attached hydrogen (secondary N) is 1. The molecular formula is C21H30N2O4. The maximum Gasteiger partial charge on any atom is 0.312 e. The van der Waals surface area contributed by atoms with Gasteiger partial charge >= 0.3 is 5.97 Å². The number of rotatable bonds is 4. The van der Waals surface area contributed by atoms with Gasteiger partial charge in [0.2, 0.25) is 0 Å². The van der Waals surface area contributed by atoms with E-state index in [9.17, 15) is 20.0 Å². The lowest BCUT2D eigenvalue weighted by Crippen LogP contribution is -2.59. The van der Waals surface area contributed by atoms with Crippen molar-refractivity contribution < 1.29 is 19.4 Å². The van der Waals surface area contributed by atoms with Crippen LogP contribution < -0.4 is 5.32 Å². The Morgan fingerprint density at radius 3 is 2.33 bits per heavy atom. The third-order valence-corrected chi connectivity index (χ3v) is 7.40. The molecule has 0 spiro atoms. The van der Waals surface area contributed by atoms with E-state index in [0.717, 1.165) is 51.4 Å². The summed E-state index contributed by atoms with van der Waals surface area (Å²) in [6.45, 7) is 1.58. The molecule has 1 amide bonds. The second-order valence-corrected chi connectivity index (χ2v) is 9.76. The molecule has 0 saturated heterocycles. The molecule has 5 aliphatic carbocycles. The van der Waals surface area contributed by atoms with Gasteiger partial charge in [-0.25, -0.2) is 0 Å². The van der Waals surface area contributed by atoms with Crippen LogP contribution in [0.2, 0.25) is 0 Å². The van der Waals surface area contributed by atoms with E-state index in [-0.39, 0.29) is 5.97 Å². The van der Waals surface area contributed by atoms with Crippen LogP contribution >= 0.6 is 0 Å². The third-order valence-electron chi connectivity index (χ3n) is 7.40. The van der Waals surface area contributed by atoms with Crippen molar-refractivity contribution in [3.05, 3.63) is 0 Å². The number of esters is 1. The van der Waals surface area contributed by atoms with Crippen molar-refractivity contribution in [3.63, 3.8) is 0 Å². The lowest BCUT2D eigenvalue weighted by atomic mass is 9.48. The highest BCUT2D eigenvalue weighted by molar-refractivity contribution is 5.86. The van der Waals surface area contributed by atoms with E-state index in [1.165, 1.54) is 0 Å². The number of nitriles is 1. The summed E-state index contributed by atoms with van der Waals surface area (Å²) in [6.07, 6.45) is 7.97. The summed E-state index contributed by atoms with van der Waals surface area (Å²) in [6, 6.07) is 2.26. The van der Waals surface area contributed by atoms with Crippen LogP contribution in [0.3, 0.4) is 0 Å². The summed E-state index contributed by atoms with van der Waals surface area (Å²) in [5.74, 6) is 0.0385. The fraction of sp³-hybridized carbons (Fsp3) is 0.857. The van der Waals surface area contributed by atoms with Crippen molar-refractivity contribution in [2.75, 3.05) is 0 Å². The smallest absolute Gasteiger partial charge is 0.312 e. The van der Waals surface area contributed by atoms with Gasteiger partial charge in [-0.05, 0) is 70.1 Å². The van der Waals surface area contributed by atoms with Gasteiger partial charge in [0, 0.05) is 0 Å². The summed E-state index contributed by atoms with van der Waals surface area (Å²) in [5, 5.41) is 23.2. The second-order valence-electron chi connectivity index (χ2n) is 9.76. The first-order valence-electron chi connectivity index (χ1n) is 10.4. The molecule has 148 valence electrons. The SMILES string of the molecule is C[C@H](OC(=O)C12C[C@@H]3C[C@@H](CC(O)(C3)C1)C2)C(=O)NC1(C#N)CCCCC1. The number of hydrogen-bond acceptors (Lipinski definition) is 5. The molecule has 2 unspecified atom stereocenters. The summed E-state index contributed by atoms with van der Waals surface area (Å²) >= 11 is 0. The Morgan fingerprint density at radius 1 is 1.15 bits per heavy atom. The number of amides is 1. The molecular weight excluding hydrogens is 344 g/mol. The standard InChI is InChI=1S/C21H30N2O4/c1-14(17(24)23-20(13-22)5-3-2-4-6-20)27-18(25)19-8-15-7-16(9-19)11-21(26,10-15)12-19/h14-16,26H,2-12H2,1H3,(H,23,24)/t14-,15-,16+,19?,21?/m0/s1. The number of ether oxygens (including phenoxy) is 1. The third kappa shape index (κ3) is 3.35. The van der Waals surface area contributed by atoms with Gasteiger partial charge in [-0.1, -0.05) is 19.3 Å². The van der Waals surface area contributed by atoms with E-state index in [2.05, 4.69) is 11.4 Å². The molecule has 6 nitrogen and oxygen atoms in total. The van der Waals surface area contributed by atoms with Crippen LogP contribution in [0.1, 0.15) is 77.6 Å². The maximum absolute atomic E-state index is 13.0. The van der Waals surface area contributed by atoms with E-state index in [1.54, 1.807) is 6.92 Å². The molecule has 4 bridgehead atoms. The van der Waals surface area contributed by atoms with Crippen LogP contribution in [0.5, 0.6) is 0 Å². The lowest BCUT2D eigenvalue weighted by molar-refractivity contribution is -0.200. The topological polar surface area (TPSA) is 99.4 Å². The molecule has 6 heteroatoms. The molecule has 5 atom stereocenters. The van der Waals surface area contributed by atoms with Gasteiger partial charge in [0.05, 0.1) is 17.1 Å². The number of carbonyl (C=O) groups excluding carboxylic acids is 2. The Kier molecular flexibility index (Phi) is 4.50. The number of hydrogen-bond donors (Lipinski definition) is 2. The zero-order chi connectivity index (χ0) is 19.3. The molecule has 0 aliphatic heterocycles. The van der Waals surface area contributed by atoms with Crippen molar-refractivity contribution in [1.29, 1.82) is 5.26 Å². The van der Waals surface area contributed by atoms with Gasteiger partial charge < -0.3 is 15.2 Å². The largest absolute Gasteiger partial charge is 0.452 e. The molecule has 0 aromatic heterocycles. The molecule has 5 saturated carbocycles. The monoisotopic (exact) mass is 374 g/mol. The summed E-state index contributed by atoms with van der Waals surface area (Å²) < 4.78 is 5.60. The van der Waals surface area contributed by atoms with Crippen molar-refractivity contribution in [2.24, 2.45) is 17.3 Å². The van der Waals surface area contributed by atoms with Crippen LogP contribution in [0.4, 0.5) is 0 Å². The predicted octanol–water partition coefficient (Wildman–Crippen LogP) is 2.59. The van der Waals surface area contributed by atoms with E-state index >= 15 is 0 Å². The zero-order valence-corrected chi connectivity index (χ0v) is 16.1. The summed E-state index contributed by atoms with van der Waals surface area (Å²) in [4.78, 5) is 25.6. The molecule has 0 aromatic carbocycles. The van der Waals surface area contributed by atoms with Gasteiger partial charge in [-0.2, -0.15) is 5.26 Å². The highest BCUT2D eigenvalue weighted by Crippen LogP contribution is 2.62. The van der Waals surface area contributed by atoms with Gasteiger partial charge in [0.15, 0.2) is 6.10 Å². The van der Waals surface area contributed by atoms with Crippen molar-refractivity contribution >= 4 is 11.9 Å². The van der Waals surface area contributed by atoms with Crippen LogP contribution in [0, 0.1) is 28.6 Å². The Hall–Kier alpha value is -1.61. The molecule has 0 aromatic rings. The Labute approximate surface area is 160 Å². The van der Waals surface area contributed by atoms with E-state index in [0.29, 0.717) is 31.1 Å². The van der Waals surface area contributed by atoms with E-state index in [1.807, 2.05) is 0 Å². The Balaban J connectivity index is 1.41. The van der Waals surface area contributed by atoms with Crippen LogP contribution in [-0.2, 0) is 14.3 Å². The lowest BCUT2D eigenvalue weighted by Gasteiger charge is -2.58. The average molecular weight is 374 g/mol. The van der Waals surface area contributed by atoms with Gasteiger partial charge in [-0.15, -0.1) is 0 Å². The molecule has 5 fully saturated rings. The molecule has 0 radical (unpaired) electrons. The van der Waals surface area contributed by atoms with Crippen molar-refractivity contribution in [3.8, 4) is 6.07 Å². The minimum atomic E-state index is -0.924. The van der Waals surface area contributed by atoms with Crippen LogP contribution in [0.25, 0.3) is 0 Å². The Bertz CT molecular complexity index is 662. The minimum Gasteiger partial charge on any atom is -0.452 e. The van der Waals surface area contributed by atoms with Gasteiger partial charge in [-0.3, -0.25) is 9.59 Å². The van der Waals surface area contributed by atoms with Crippen molar-refractivity contribution in [2.45, 2.75) is 94.8 Å². The van der Waals surface area contributed by atoms with Gasteiger partial charge in [0.1, 0.15) is 5.54 Å². The highest BCUT2D eigenvalue weighted by Gasteiger charge is 2.61. The van der Waals surface area contributed by atoms with E-state index < -0.39 is 28.6 Å². The Morgan fingerprint density at radius 2 is 1.78 bits per heavy atom. The van der Waals surface area contributed by atoms with Crippen LogP contribution in [-0.4, -0.2) is 34.2 Å². The highest BCUT2D eigenvalue weighted by atomic mass is 16.5. The molecule has 5 aliphatic rings. The fourth-order valence-corrected chi connectivity index (χ4v) is 6.55. The average Bonchev–Trinajstić information content (AvgIpc) is 2.60. The molecule has 5 rings (SSSR count). The molecule has 2 N–H and O–H groups in total. The van der Waals surface area contributed by atoms with Crippen molar-refractivity contribution in [1.82, 2.24) is 5.32 Å². The zero-order valence-electron chi connectivity index (χ0n) is 16.1. The summed E-state index contributed by atoms with van der Waals surface area (Å²) in [7, 11) is 0. The maximum atomic E-state index is 13.0. The minimum absolute atomic E-state index is 0.340. The second kappa shape index (κ2) is 6.48. The summed E-state index contributed by atoms with van der Waals surface area (Å²) in [5.41, 5.74) is -2.20. The first-order chi connectivity index (χ1) is 12.8. The van der Waals surface area contributed by atoms with Gasteiger partial charge in [0.25, 0.3) is 5.91 Å². The number of carbonyl (C=O) groups is 2. The number of aliphatic hydroxyl groups is 1. The van der Waals surface area contributed by atoms with Crippen LogP contribution in [0.15, 0.2) is 0 Å². The van der Waals surface area contributed by atoms with E-state index in [4.69, 9.17) is 4.74 Å². The normalized spacial score (nSPS) is 40.0. The predicted molar refractivity (Wildman–Crippen MR) is 97.2 cm³/mol. The first kappa shape index (κ1) is 18.7. The fourth-order valence-electron chi connectivity index (χ4n) is 6.55. The quantitative estimate of drug-likeness (QED) is 0.737. The first-order valence-corrected chi connectivity index (χ1v) is 10.4. The molecule has 0 heterocycles.